The molecular weight excluding hydrogens is 324 g/mol. The van der Waals surface area contributed by atoms with Crippen molar-refractivity contribution in [2.75, 3.05) is 19.8 Å². The van der Waals surface area contributed by atoms with Crippen LogP contribution in [0.5, 0.6) is 11.5 Å². The maximum Gasteiger partial charge on any atom is 0.161 e. The first kappa shape index (κ1) is 15.9. The van der Waals surface area contributed by atoms with E-state index in [9.17, 15) is 0 Å². The molecule has 2 aliphatic rings. The zero-order valence-corrected chi connectivity index (χ0v) is 14.6. The third kappa shape index (κ3) is 3.41. The third-order valence-electron chi connectivity index (χ3n) is 4.43. The molecule has 2 aliphatic heterocycles. The zero-order chi connectivity index (χ0) is 16.4. The molecule has 0 aliphatic carbocycles. The van der Waals surface area contributed by atoms with E-state index < -0.39 is 0 Å². The van der Waals surface area contributed by atoms with Crippen molar-refractivity contribution in [1.29, 1.82) is 0 Å². The molecule has 4 rings (SSSR count). The highest BCUT2D eigenvalue weighted by atomic mass is 32.1. The lowest BCUT2D eigenvalue weighted by molar-refractivity contribution is 0.111. The number of rotatable bonds is 5. The van der Waals surface area contributed by atoms with E-state index in [4.69, 9.17) is 19.2 Å². The molecule has 1 fully saturated rings. The van der Waals surface area contributed by atoms with Gasteiger partial charge in [-0.2, -0.15) is 0 Å². The maximum atomic E-state index is 5.70. The summed E-state index contributed by atoms with van der Waals surface area (Å²) in [7, 11) is 0. The van der Waals surface area contributed by atoms with E-state index in [-0.39, 0.29) is 12.1 Å². The van der Waals surface area contributed by atoms with Gasteiger partial charge in [0.1, 0.15) is 24.3 Å². The summed E-state index contributed by atoms with van der Waals surface area (Å²) in [5.41, 5.74) is 2.27. The molecule has 24 heavy (non-hydrogen) atoms. The average molecular weight is 346 g/mol. The fraction of sp³-hybridized carbons (Fsp3) is 0.500. The Morgan fingerprint density at radius 2 is 2.12 bits per heavy atom. The van der Waals surface area contributed by atoms with Crippen molar-refractivity contribution < 1.29 is 14.2 Å². The minimum Gasteiger partial charge on any atom is -0.486 e. The number of ether oxygens (including phenoxy) is 3. The van der Waals surface area contributed by atoms with Crippen molar-refractivity contribution in [2.45, 2.75) is 38.5 Å². The normalized spacial score (nSPS) is 21.0. The molecule has 0 unspecified atom stereocenters. The molecule has 3 heterocycles. The van der Waals surface area contributed by atoms with Gasteiger partial charge in [0.2, 0.25) is 0 Å². The lowest BCUT2D eigenvalue weighted by Gasteiger charge is -2.21. The van der Waals surface area contributed by atoms with Crippen LogP contribution in [0.4, 0.5) is 0 Å². The molecule has 0 bridgehead atoms. The van der Waals surface area contributed by atoms with Crippen molar-refractivity contribution in [1.82, 2.24) is 10.3 Å². The highest BCUT2D eigenvalue weighted by Crippen LogP contribution is 2.33. The Hall–Kier alpha value is -1.63. The molecule has 0 amide bonds. The second-order valence-corrected chi connectivity index (χ2v) is 7.07. The van der Waals surface area contributed by atoms with Crippen LogP contribution in [0.25, 0.3) is 0 Å². The maximum absolute atomic E-state index is 5.70. The summed E-state index contributed by atoms with van der Waals surface area (Å²) >= 11 is 1.70. The first-order chi connectivity index (χ1) is 11.8. The van der Waals surface area contributed by atoms with E-state index in [0.717, 1.165) is 48.2 Å². The quantitative estimate of drug-likeness (QED) is 0.896. The Balaban J connectivity index is 1.37. The molecule has 1 saturated heterocycles. The summed E-state index contributed by atoms with van der Waals surface area (Å²) < 4.78 is 16.9. The molecule has 5 nitrogen and oxygen atoms in total. The van der Waals surface area contributed by atoms with Crippen molar-refractivity contribution >= 4 is 11.3 Å². The molecule has 1 aromatic carbocycles. The van der Waals surface area contributed by atoms with Crippen molar-refractivity contribution in [2.24, 2.45) is 0 Å². The third-order valence-corrected chi connectivity index (χ3v) is 5.42. The number of thiazole rings is 1. The number of hydrogen-bond donors (Lipinski definition) is 1. The minimum absolute atomic E-state index is 0.207. The Labute approximate surface area is 146 Å². The minimum atomic E-state index is 0.207. The number of nitrogens with one attached hydrogen (secondary N) is 1. The molecule has 6 heteroatoms. The zero-order valence-electron chi connectivity index (χ0n) is 13.8. The lowest BCUT2D eigenvalue weighted by Crippen LogP contribution is -2.19. The van der Waals surface area contributed by atoms with Crippen LogP contribution in [0, 0.1) is 0 Å². The van der Waals surface area contributed by atoms with Gasteiger partial charge in [0.05, 0.1) is 5.69 Å². The SMILES string of the molecule is C[C@H](NCc1csc([C@@H]2CCCO2)n1)c1ccc2c(c1)OCCO2. The van der Waals surface area contributed by atoms with Gasteiger partial charge in [-0.05, 0) is 37.5 Å². The van der Waals surface area contributed by atoms with Gasteiger partial charge in [-0.25, -0.2) is 4.98 Å². The molecule has 0 spiro atoms. The Morgan fingerprint density at radius 1 is 1.25 bits per heavy atom. The Kier molecular flexibility index (Phi) is 4.69. The van der Waals surface area contributed by atoms with Crippen LogP contribution in [0.1, 0.15) is 48.2 Å². The lowest BCUT2D eigenvalue weighted by atomic mass is 10.1. The smallest absolute Gasteiger partial charge is 0.161 e. The Bertz CT molecular complexity index is 697. The number of fused-ring (bicyclic) bond motifs is 1. The molecule has 2 atom stereocenters. The van der Waals surface area contributed by atoms with Gasteiger partial charge in [-0.15, -0.1) is 11.3 Å². The molecule has 128 valence electrons. The summed E-state index contributed by atoms with van der Waals surface area (Å²) in [6, 6.07) is 6.35. The van der Waals surface area contributed by atoms with Crippen molar-refractivity contribution in [3.63, 3.8) is 0 Å². The number of aromatic nitrogens is 1. The van der Waals surface area contributed by atoms with Crippen LogP contribution in [-0.2, 0) is 11.3 Å². The summed E-state index contributed by atoms with van der Waals surface area (Å²) in [6.45, 7) is 5.00. The van der Waals surface area contributed by atoms with Gasteiger partial charge in [-0.1, -0.05) is 6.07 Å². The van der Waals surface area contributed by atoms with Crippen LogP contribution in [0.15, 0.2) is 23.6 Å². The molecule has 2 aromatic rings. The largest absolute Gasteiger partial charge is 0.486 e. The molecular formula is C18H22N2O3S. The fourth-order valence-corrected chi connectivity index (χ4v) is 3.93. The van der Waals surface area contributed by atoms with Gasteiger partial charge in [0.25, 0.3) is 0 Å². The monoisotopic (exact) mass is 346 g/mol. The molecule has 0 radical (unpaired) electrons. The van der Waals surface area contributed by atoms with Crippen LogP contribution in [0.3, 0.4) is 0 Å². The topological polar surface area (TPSA) is 52.6 Å². The number of benzene rings is 1. The van der Waals surface area contributed by atoms with E-state index in [2.05, 4.69) is 29.8 Å². The van der Waals surface area contributed by atoms with Gasteiger partial charge in [-0.3, -0.25) is 0 Å². The molecule has 1 aromatic heterocycles. The number of nitrogens with zero attached hydrogens (tertiary/aromatic N) is 1. The predicted molar refractivity (Wildman–Crippen MR) is 92.7 cm³/mol. The van der Waals surface area contributed by atoms with Gasteiger partial charge in [0, 0.05) is 24.6 Å². The molecule has 0 saturated carbocycles. The average Bonchev–Trinajstić information content (AvgIpc) is 3.30. The van der Waals surface area contributed by atoms with Crippen LogP contribution in [-0.4, -0.2) is 24.8 Å². The highest BCUT2D eigenvalue weighted by Gasteiger charge is 2.21. The van der Waals surface area contributed by atoms with Gasteiger partial charge in [0.15, 0.2) is 11.5 Å². The summed E-state index contributed by atoms with van der Waals surface area (Å²) in [5.74, 6) is 1.67. The van der Waals surface area contributed by atoms with Crippen LogP contribution in [0.2, 0.25) is 0 Å². The van der Waals surface area contributed by atoms with Crippen molar-refractivity contribution in [3.05, 3.63) is 39.8 Å². The first-order valence-electron chi connectivity index (χ1n) is 8.48. The van der Waals surface area contributed by atoms with E-state index >= 15 is 0 Å². The molecule has 1 N–H and O–H groups in total. The summed E-state index contributed by atoms with van der Waals surface area (Å²) in [5, 5.41) is 6.77. The standard InChI is InChI=1S/C18H22N2O3S/c1-12(13-4-5-15-17(9-13)23-8-7-22-15)19-10-14-11-24-18(20-14)16-3-2-6-21-16/h4-5,9,11-12,16,19H,2-3,6-8,10H2,1H3/t12-,16-/m0/s1. The first-order valence-corrected chi connectivity index (χ1v) is 9.36. The van der Waals surface area contributed by atoms with E-state index in [1.165, 1.54) is 5.56 Å². The van der Waals surface area contributed by atoms with Gasteiger partial charge >= 0.3 is 0 Å². The van der Waals surface area contributed by atoms with Crippen LogP contribution < -0.4 is 14.8 Å². The highest BCUT2D eigenvalue weighted by molar-refractivity contribution is 7.09. The number of hydrogen-bond acceptors (Lipinski definition) is 6. The second kappa shape index (κ2) is 7.09. The van der Waals surface area contributed by atoms with E-state index in [0.29, 0.717) is 13.2 Å². The summed E-state index contributed by atoms with van der Waals surface area (Å²) in [4.78, 5) is 4.71. The van der Waals surface area contributed by atoms with E-state index in [1.54, 1.807) is 11.3 Å². The van der Waals surface area contributed by atoms with Gasteiger partial charge < -0.3 is 19.5 Å². The van der Waals surface area contributed by atoms with E-state index in [1.807, 2.05) is 6.07 Å². The fourth-order valence-electron chi connectivity index (χ4n) is 3.03. The van der Waals surface area contributed by atoms with Crippen molar-refractivity contribution in [3.8, 4) is 11.5 Å². The summed E-state index contributed by atoms with van der Waals surface area (Å²) in [6.07, 6.45) is 2.44. The second-order valence-electron chi connectivity index (χ2n) is 6.18. The Morgan fingerprint density at radius 3 is 2.96 bits per heavy atom. The van der Waals surface area contributed by atoms with Crippen LogP contribution >= 0.6 is 11.3 Å². The predicted octanol–water partition coefficient (Wildman–Crippen LogP) is 3.62.